The average Bonchev–Trinajstić information content (AvgIpc) is 3.19. The first-order chi connectivity index (χ1) is 14.9. The van der Waals surface area contributed by atoms with Gasteiger partial charge in [-0.25, -0.2) is 0 Å². The Hall–Kier alpha value is -2.90. The minimum absolute atomic E-state index is 0.101. The Morgan fingerprint density at radius 1 is 1.19 bits per heavy atom. The number of carbonyl (C=O) groups excluding carboxylic acids is 1. The zero-order valence-corrected chi connectivity index (χ0v) is 18.8. The highest BCUT2D eigenvalue weighted by Crippen LogP contribution is 2.46. The lowest BCUT2D eigenvalue weighted by atomic mass is 9.73. The van der Waals surface area contributed by atoms with Crippen LogP contribution >= 0.6 is 0 Å². The molecule has 8 nitrogen and oxygen atoms in total. The number of nitrogens with one attached hydrogen (secondary N) is 1. The highest BCUT2D eigenvalue weighted by Gasteiger charge is 2.42. The summed E-state index contributed by atoms with van der Waals surface area (Å²) in [5.41, 5.74) is 2.43. The fraction of sp³-hybridized carbons (Fsp3) is 0.565. The summed E-state index contributed by atoms with van der Waals surface area (Å²) in [5, 5.41) is 15.4. The molecule has 31 heavy (non-hydrogen) atoms. The van der Waals surface area contributed by atoms with Gasteiger partial charge in [0.05, 0.1) is 13.7 Å². The molecule has 1 N–H and O–H groups in total. The summed E-state index contributed by atoms with van der Waals surface area (Å²) in [4.78, 5) is 13.2. The van der Waals surface area contributed by atoms with Crippen LogP contribution in [-0.2, 0) is 4.79 Å². The van der Waals surface area contributed by atoms with Crippen LogP contribution in [-0.4, -0.2) is 39.7 Å². The number of hydrogen-bond acceptors (Lipinski definition) is 7. The van der Waals surface area contributed by atoms with E-state index in [0.717, 1.165) is 36.1 Å². The molecule has 0 radical (unpaired) electrons. The van der Waals surface area contributed by atoms with Crippen LogP contribution in [0, 0.1) is 5.41 Å². The number of rotatable bonds is 8. The van der Waals surface area contributed by atoms with Gasteiger partial charge in [-0.2, -0.15) is 4.68 Å². The van der Waals surface area contributed by atoms with E-state index >= 15 is 0 Å². The fourth-order valence-corrected chi connectivity index (χ4v) is 4.46. The molecule has 2 aliphatic rings. The van der Waals surface area contributed by atoms with Gasteiger partial charge in [0.2, 0.25) is 5.95 Å². The molecule has 166 valence electrons. The molecule has 0 bridgehead atoms. The van der Waals surface area contributed by atoms with Crippen molar-refractivity contribution < 1.29 is 14.3 Å². The Labute approximate surface area is 183 Å². The quantitative estimate of drug-likeness (QED) is 0.631. The SMILES string of the molecule is CCCCCCOc1ccc(C2C3=C(CC(C)(C)CC3=O)Nc3nnnn32)cc1OC. The first-order valence-electron chi connectivity index (χ1n) is 11.1. The van der Waals surface area contributed by atoms with E-state index in [1.54, 1.807) is 11.8 Å². The second kappa shape index (κ2) is 8.69. The summed E-state index contributed by atoms with van der Waals surface area (Å²) in [7, 11) is 1.63. The molecule has 8 heteroatoms. The number of aromatic nitrogens is 4. The number of allylic oxidation sites excluding steroid dienone is 2. The molecule has 2 heterocycles. The predicted octanol–water partition coefficient (Wildman–Crippen LogP) is 4.30. The van der Waals surface area contributed by atoms with E-state index in [1.165, 1.54) is 12.8 Å². The summed E-state index contributed by atoms with van der Waals surface area (Å²) in [5.74, 6) is 2.02. The van der Waals surface area contributed by atoms with Gasteiger partial charge in [-0.1, -0.05) is 51.2 Å². The van der Waals surface area contributed by atoms with Crippen molar-refractivity contribution in [3.8, 4) is 11.5 Å². The monoisotopic (exact) mass is 425 g/mol. The van der Waals surface area contributed by atoms with Gasteiger partial charge >= 0.3 is 0 Å². The van der Waals surface area contributed by atoms with E-state index in [0.29, 0.717) is 30.5 Å². The van der Waals surface area contributed by atoms with E-state index in [2.05, 4.69) is 41.6 Å². The molecule has 1 atom stereocenters. The molecule has 2 aromatic rings. The maximum atomic E-state index is 13.2. The number of nitrogens with zero attached hydrogens (tertiary/aromatic N) is 4. The van der Waals surface area contributed by atoms with Gasteiger partial charge in [0.25, 0.3) is 0 Å². The van der Waals surface area contributed by atoms with Crippen molar-refractivity contribution in [3.05, 3.63) is 35.0 Å². The summed E-state index contributed by atoms with van der Waals surface area (Å²) < 4.78 is 13.3. The lowest BCUT2D eigenvalue weighted by Gasteiger charge is -2.37. The zero-order valence-electron chi connectivity index (χ0n) is 18.8. The highest BCUT2D eigenvalue weighted by molar-refractivity contribution is 6.00. The largest absolute Gasteiger partial charge is 0.493 e. The van der Waals surface area contributed by atoms with Crippen molar-refractivity contribution in [2.24, 2.45) is 5.41 Å². The highest BCUT2D eigenvalue weighted by atomic mass is 16.5. The number of hydrogen-bond donors (Lipinski definition) is 1. The number of tetrazole rings is 1. The smallest absolute Gasteiger partial charge is 0.248 e. The van der Waals surface area contributed by atoms with Crippen molar-refractivity contribution in [2.75, 3.05) is 19.0 Å². The summed E-state index contributed by atoms with van der Waals surface area (Å²) in [6.45, 7) is 7.07. The van der Waals surface area contributed by atoms with Crippen LogP contribution < -0.4 is 14.8 Å². The van der Waals surface area contributed by atoms with E-state index in [1.807, 2.05) is 18.2 Å². The molecule has 0 amide bonds. The van der Waals surface area contributed by atoms with E-state index in [4.69, 9.17) is 9.47 Å². The Kier molecular flexibility index (Phi) is 5.98. The van der Waals surface area contributed by atoms with Crippen molar-refractivity contribution in [3.63, 3.8) is 0 Å². The molecule has 4 rings (SSSR count). The van der Waals surface area contributed by atoms with Crippen molar-refractivity contribution in [1.29, 1.82) is 0 Å². The number of benzene rings is 1. The van der Waals surface area contributed by atoms with Crippen molar-refractivity contribution in [2.45, 2.75) is 65.3 Å². The average molecular weight is 426 g/mol. The minimum atomic E-state index is -0.391. The van der Waals surface area contributed by atoms with Gasteiger partial charge in [-0.3, -0.25) is 4.79 Å². The van der Waals surface area contributed by atoms with Crippen LogP contribution in [0.1, 0.15) is 70.9 Å². The number of unbranched alkanes of at least 4 members (excludes halogenated alkanes) is 3. The first-order valence-corrected chi connectivity index (χ1v) is 11.1. The summed E-state index contributed by atoms with van der Waals surface area (Å²) >= 11 is 0. The number of Topliss-reactive ketones (excluding diaryl/α,β-unsaturated/α-hetero) is 1. The third-order valence-corrected chi connectivity index (χ3v) is 5.95. The Balaban J connectivity index is 1.66. The third-order valence-electron chi connectivity index (χ3n) is 5.95. The van der Waals surface area contributed by atoms with Crippen molar-refractivity contribution >= 4 is 11.7 Å². The lowest BCUT2D eigenvalue weighted by Crippen LogP contribution is -2.36. The number of fused-ring (bicyclic) bond motifs is 1. The lowest BCUT2D eigenvalue weighted by molar-refractivity contribution is -0.118. The van der Waals surface area contributed by atoms with Gasteiger partial charge < -0.3 is 14.8 Å². The van der Waals surface area contributed by atoms with Gasteiger partial charge in [-0.15, -0.1) is 0 Å². The molecular formula is C23H31N5O3. The van der Waals surface area contributed by atoms with Gasteiger partial charge in [-0.05, 0) is 46.4 Å². The zero-order chi connectivity index (χ0) is 22.0. The van der Waals surface area contributed by atoms with E-state index < -0.39 is 6.04 Å². The first kappa shape index (κ1) is 21.3. The number of ether oxygens (including phenoxy) is 2. The van der Waals surface area contributed by atoms with Crippen LogP contribution in [0.25, 0.3) is 0 Å². The molecular weight excluding hydrogens is 394 g/mol. The van der Waals surface area contributed by atoms with Crippen LogP contribution in [0.2, 0.25) is 0 Å². The van der Waals surface area contributed by atoms with Crippen LogP contribution in [0.4, 0.5) is 5.95 Å². The predicted molar refractivity (Wildman–Crippen MR) is 117 cm³/mol. The normalized spacial score (nSPS) is 19.5. The summed E-state index contributed by atoms with van der Waals surface area (Å²) in [6, 6.07) is 5.43. The van der Waals surface area contributed by atoms with Crippen LogP contribution in [0.15, 0.2) is 29.5 Å². The van der Waals surface area contributed by atoms with E-state index in [9.17, 15) is 4.79 Å². The number of ketones is 1. The Morgan fingerprint density at radius 3 is 2.81 bits per heavy atom. The maximum Gasteiger partial charge on any atom is 0.248 e. The molecule has 1 aromatic carbocycles. The summed E-state index contributed by atoms with van der Waals surface area (Å²) in [6.07, 6.45) is 5.85. The van der Waals surface area contributed by atoms with Gasteiger partial charge in [0.15, 0.2) is 17.3 Å². The number of methoxy groups -OCH3 is 1. The standard InChI is InChI=1S/C23H31N5O3/c1-5-6-7-8-11-31-18-10-9-15(12-19(18)30-4)21-20-16(13-23(2,3)14-17(20)29)24-22-25-26-27-28(21)22/h9-10,12,21H,5-8,11,13-14H2,1-4H3,(H,24,25,27). The fourth-order valence-electron chi connectivity index (χ4n) is 4.46. The maximum absolute atomic E-state index is 13.2. The Bertz CT molecular complexity index is 995. The number of carbonyl (C=O) groups is 1. The molecule has 0 spiro atoms. The van der Waals surface area contributed by atoms with Crippen LogP contribution in [0.5, 0.6) is 11.5 Å². The van der Waals surface area contributed by atoms with Crippen molar-refractivity contribution in [1.82, 2.24) is 20.2 Å². The Morgan fingerprint density at radius 2 is 2.03 bits per heavy atom. The molecule has 1 aromatic heterocycles. The van der Waals surface area contributed by atoms with E-state index in [-0.39, 0.29) is 11.2 Å². The minimum Gasteiger partial charge on any atom is -0.493 e. The second-order valence-electron chi connectivity index (χ2n) is 9.13. The second-order valence-corrected chi connectivity index (χ2v) is 9.13. The van der Waals surface area contributed by atoms with Crippen LogP contribution in [0.3, 0.4) is 0 Å². The molecule has 1 unspecified atom stereocenters. The topological polar surface area (TPSA) is 91.2 Å². The third kappa shape index (κ3) is 4.29. The molecule has 0 fully saturated rings. The van der Waals surface area contributed by atoms with Gasteiger partial charge in [0.1, 0.15) is 6.04 Å². The number of anilines is 1. The molecule has 0 saturated carbocycles. The molecule has 0 saturated heterocycles. The van der Waals surface area contributed by atoms with Gasteiger partial charge in [0, 0.05) is 17.7 Å². The molecule has 1 aliphatic heterocycles. The molecule has 1 aliphatic carbocycles.